The Kier molecular flexibility index (Phi) is 5.78. The van der Waals surface area contributed by atoms with Crippen LogP contribution in [0.1, 0.15) is 6.42 Å². The second kappa shape index (κ2) is 6.12. The lowest BCUT2D eigenvalue weighted by atomic mass is 10.1. The Hall–Kier alpha value is -0.610. The summed E-state index contributed by atoms with van der Waals surface area (Å²) in [7, 11) is 3.09. The van der Waals surface area contributed by atoms with E-state index in [0.29, 0.717) is 13.2 Å². The Morgan fingerprint density at radius 2 is 1.82 bits per heavy atom. The van der Waals surface area contributed by atoms with Crippen LogP contribution in [0.3, 0.4) is 0 Å². The molecule has 0 aliphatic heterocycles. The first-order valence-electron chi connectivity index (χ1n) is 3.40. The fraction of sp³-hybridized carbons (Fsp3) is 0.857. The molecule has 0 aliphatic rings. The SMILES string of the molecule is COCC(COC)CC(=O)O. The summed E-state index contributed by atoms with van der Waals surface area (Å²) < 4.78 is 9.63. The van der Waals surface area contributed by atoms with Gasteiger partial charge in [0.25, 0.3) is 0 Å². The number of carboxylic acids is 1. The third-order valence-corrected chi connectivity index (χ3v) is 1.27. The third-order valence-electron chi connectivity index (χ3n) is 1.27. The van der Waals surface area contributed by atoms with Gasteiger partial charge in [0.1, 0.15) is 0 Å². The molecule has 0 amide bonds. The minimum absolute atomic E-state index is 0.0394. The molecule has 4 heteroatoms. The van der Waals surface area contributed by atoms with Gasteiger partial charge in [-0.25, -0.2) is 0 Å². The number of hydrogen-bond donors (Lipinski definition) is 1. The fourth-order valence-electron chi connectivity index (χ4n) is 0.884. The molecule has 66 valence electrons. The van der Waals surface area contributed by atoms with E-state index in [1.54, 1.807) is 14.2 Å². The predicted molar refractivity (Wildman–Crippen MR) is 39.5 cm³/mol. The molecule has 0 unspecified atom stereocenters. The van der Waals surface area contributed by atoms with Gasteiger partial charge in [-0.1, -0.05) is 0 Å². The van der Waals surface area contributed by atoms with Gasteiger partial charge in [-0.05, 0) is 0 Å². The molecule has 4 nitrogen and oxygen atoms in total. The van der Waals surface area contributed by atoms with E-state index in [1.165, 1.54) is 0 Å². The lowest BCUT2D eigenvalue weighted by Crippen LogP contribution is -2.18. The molecule has 0 aromatic rings. The fourth-order valence-corrected chi connectivity index (χ4v) is 0.884. The Morgan fingerprint density at radius 3 is 2.09 bits per heavy atom. The summed E-state index contributed by atoms with van der Waals surface area (Å²) in [6.45, 7) is 0.861. The molecule has 0 radical (unpaired) electrons. The maximum absolute atomic E-state index is 10.2. The lowest BCUT2D eigenvalue weighted by molar-refractivity contribution is -0.139. The van der Waals surface area contributed by atoms with E-state index in [-0.39, 0.29) is 12.3 Å². The smallest absolute Gasteiger partial charge is 0.303 e. The molecule has 11 heavy (non-hydrogen) atoms. The van der Waals surface area contributed by atoms with Crippen LogP contribution in [-0.2, 0) is 14.3 Å². The van der Waals surface area contributed by atoms with Crippen molar-refractivity contribution in [2.45, 2.75) is 6.42 Å². The zero-order valence-electron chi connectivity index (χ0n) is 6.87. The van der Waals surface area contributed by atoms with Crippen LogP contribution in [0, 0.1) is 5.92 Å². The second-order valence-corrected chi connectivity index (χ2v) is 2.37. The summed E-state index contributed by atoms with van der Waals surface area (Å²) in [6.07, 6.45) is 0.0989. The molecule has 0 saturated carbocycles. The Bertz CT molecular complexity index is 107. The molecular formula is C7H14O4. The van der Waals surface area contributed by atoms with Crippen LogP contribution in [0.4, 0.5) is 0 Å². The quantitative estimate of drug-likeness (QED) is 0.613. The van der Waals surface area contributed by atoms with Crippen molar-refractivity contribution in [2.24, 2.45) is 5.92 Å². The van der Waals surface area contributed by atoms with Gasteiger partial charge in [-0.3, -0.25) is 4.79 Å². The average Bonchev–Trinajstić information content (AvgIpc) is 1.87. The Labute approximate surface area is 66.1 Å². The summed E-state index contributed by atoms with van der Waals surface area (Å²) in [6, 6.07) is 0. The number of carbonyl (C=O) groups is 1. The van der Waals surface area contributed by atoms with Crippen LogP contribution in [-0.4, -0.2) is 38.5 Å². The van der Waals surface area contributed by atoms with Crippen molar-refractivity contribution < 1.29 is 19.4 Å². The van der Waals surface area contributed by atoms with E-state index >= 15 is 0 Å². The van der Waals surface area contributed by atoms with Gasteiger partial charge in [0.2, 0.25) is 0 Å². The van der Waals surface area contributed by atoms with E-state index in [0.717, 1.165) is 0 Å². The predicted octanol–water partition coefficient (Wildman–Crippen LogP) is 0.370. The number of rotatable bonds is 6. The van der Waals surface area contributed by atoms with Crippen LogP contribution in [0.5, 0.6) is 0 Å². The number of methoxy groups -OCH3 is 2. The van der Waals surface area contributed by atoms with Crippen molar-refractivity contribution in [3.05, 3.63) is 0 Å². The molecule has 0 heterocycles. The highest BCUT2D eigenvalue weighted by molar-refractivity contribution is 5.67. The Morgan fingerprint density at radius 1 is 1.36 bits per heavy atom. The normalized spacial score (nSPS) is 10.5. The van der Waals surface area contributed by atoms with Gasteiger partial charge in [-0.2, -0.15) is 0 Å². The first-order valence-corrected chi connectivity index (χ1v) is 3.40. The Balaban J connectivity index is 3.59. The topological polar surface area (TPSA) is 55.8 Å². The van der Waals surface area contributed by atoms with Gasteiger partial charge < -0.3 is 14.6 Å². The molecule has 0 fully saturated rings. The standard InChI is InChI=1S/C7H14O4/c1-10-4-6(5-11-2)3-7(8)9/h6H,3-5H2,1-2H3,(H,8,9). The molecular weight excluding hydrogens is 148 g/mol. The van der Waals surface area contributed by atoms with E-state index in [9.17, 15) is 4.79 Å². The third kappa shape index (κ3) is 5.82. The number of aliphatic carboxylic acids is 1. The molecule has 0 spiro atoms. The van der Waals surface area contributed by atoms with Crippen LogP contribution in [0.2, 0.25) is 0 Å². The van der Waals surface area contributed by atoms with Crippen LogP contribution < -0.4 is 0 Å². The van der Waals surface area contributed by atoms with Crippen molar-refractivity contribution in [3.8, 4) is 0 Å². The monoisotopic (exact) mass is 162 g/mol. The van der Waals surface area contributed by atoms with Gasteiger partial charge in [0.05, 0.1) is 19.6 Å². The summed E-state index contributed by atoms with van der Waals surface area (Å²) in [5.74, 6) is -0.855. The highest BCUT2D eigenvalue weighted by atomic mass is 16.5. The van der Waals surface area contributed by atoms with Gasteiger partial charge >= 0.3 is 5.97 Å². The average molecular weight is 162 g/mol. The van der Waals surface area contributed by atoms with Gasteiger partial charge in [0.15, 0.2) is 0 Å². The summed E-state index contributed by atoms with van der Waals surface area (Å²) in [5, 5.41) is 8.43. The van der Waals surface area contributed by atoms with Crippen molar-refractivity contribution in [1.29, 1.82) is 0 Å². The lowest BCUT2D eigenvalue weighted by Gasteiger charge is -2.11. The molecule has 0 atom stereocenters. The molecule has 1 N–H and O–H groups in total. The molecule has 0 aromatic carbocycles. The molecule has 0 bridgehead atoms. The van der Waals surface area contributed by atoms with Crippen LogP contribution in [0.25, 0.3) is 0 Å². The molecule has 0 rings (SSSR count). The summed E-state index contributed by atoms with van der Waals surface area (Å²) in [4.78, 5) is 10.2. The van der Waals surface area contributed by atoms with Gasteiger partial charge in [-0.15, -0.1) is 0 Å². The summed E-state index contributed by atoms with van der Waals surface area (Å²) >= 11 is 0. The first kappa shape index (κ1) is 10.4. The second-order valence-electron chi connectivity index (χ2n) is 2.37. The molecule has 0 aliphatic carbocycles. The zero-order chi connectivity index (χ0) is 8.69. The molecule has 0 saturated heterocycles. The van der Waals surface area contributed by atoms with E-state index in [2.05, 4.69) is 0 Å². The van der Waals surface area contributed by atoms with Crippen molar-refractivity contribution >= 4 is 5.97 Å². The summed E-state index contributed by atoms with van der Waals surface area (Å²) in [5.41, 5.74) is 0. The largest absolute Gasteiger partial charge is 0.481 e. The van der Waals surface area contributed by atoms with E-state index in [1.807, 2.05) is 0 Å². The van der Waals surface area contributed by atoms with Crippen molar-refractivity contribution in [1.82, 2.24) is 0 Å². The highest BCUT2D eigenvalue weighted by Crippen LogP contribution is 2.03. The van der Waals surface area contributed by atoms with E-state index in [4.69, 9.17) is 14.6 Å². The number of hydrogen-bond acceptors (Lipinski definition) is 3. The zero-order valence-corrected chi connectivity index (χ0v) is 6.87. The number of ether oxygens (including phenoxy) is 2. The maximum atomic E-state index is 10.2. The van der Waals surface area contributed by atoms with Gasteiger partial charge in [0, 0.05) is 20.1 Å². The minimum Gasteiger partial charge on any atom is -0.481 e. The highest BCUT2D eigenvalue weighted by Gasteiger charge is 2.11. The molecule has 0 aromatic heterocycles. The minimum atomic E-state index is -0.816. The van der Waals surface area contributed by atoms with Crippen LogP contribution >= 0.6 is 0 Å². The number of carboxylic acid groups (broad SMARTS) is 1. The van der Waals surface area contributed by atoms with Crippen LogP contribution in [0.15, 0.2) is 0 Å². The first-order chi connectivity index (χ1) is 5.20. The van der Waals surface area contributed by atoms with Crippen molar-refractivity contribution in [3.63, 3.8) is 0 Å². The van der Waals surface area contributed by atoms with Crippen molar-refractivity contribution in [2.75, 3.05) is 27.4 Å². The maximum Gasteiger partial charge on any atom is 0.303 e. The van der Waals surface area contributed by atoms with E-state index < -0.39 is 5.97 Å².